The molecule has 0 atom stereocenters. The minimum Gasteiger partial charge on any atom is -0.457 e. The molecule has 7 heteroatoms. The summed E-state index contributed by atoms with van der Waals surface area (Å²) in [5.41, 5.74) is 10.1. The molecule has 1 saturated carbocycles. The van der Waals surface area contributed by atoms with Crippen LogP contribution in [-0.4, -0.2) is 63.6 Å². The van der Waals surface area contributed by atoms with Crippen LogP contribution in [0.5, 0.6) is 11.5 Å². The smallest absolute Gasteiger partial charge is 0.146 e. The Bertz CT molecular complexity index is 1390. The number of aromatic nitrogens is 3. The Morgan fingerprint density at radius 3 is 2.22 bits per heavy atom. The molecule has 1 spiro atoms. The van der Waals surface area contributed by atoms with E-state index in [0.717, 1.165) is 39.7 Å². The zero-order valence-electron chi connectivity index (χ0n) is 21.4. The van der Waals surface area contributed by atoms with Crippen molar-refractivity contribution in [3.63, 3.8) is 0 Å². The van der Waals surface area contributed by atoms with E-state index in [1.54, 1.807) is 6.33 Å². The number of nitrogens with zero attached hydrogens (tertiary/aromatic N) is 5. The number of nitrogen functional groups attached to an aromatic ring is 1. The van der Waals surface area contributed by atoms with Crippen molar-refractivity contribution in [2.75, 3.05) is 39.0 Å². The molecule has 1 aliphatic carbocycles. The third-order valence-corrected chi connectivity index (χ3v) is 8.65. The van der Waals surface area contributed by atoms with Crippen molar-refractivity contribution in [3.05, 3.63) is 67.1 Å². The van der Waals surface area contributed by atoms with Gasteiger partial charge in [-0.3, -0.25) is 4.90 Å². The number of hydrogen-bond acceptors (Lipinski definition) is 6. The third-order valence-electron chi connectivity index (χ3n) is 8.65. The third kappa shape index (κ3) is 4.06. The van der Waals surface area contributed by atoms with Gasteiger partial charge in [-0.05, 0) is 62.6 Å². The Hall–Kier alpha value is -3.42. The standard InChI is InChI=1S/C30H34N6O/c1-34-16-30(17-34)18-35(19-30)22-9-11-23(12-10-22)36-15-26(27-28(31)32-20-33-29(27)36)21-7-13-25(14-8-21)37-24-5-3-2-4-6-24/h2-8,13-15,20,22-23H,9-12,16-19H2,1H3,(H2,31,32,33). The summed E-state index contributed by atoms with van der Waals surface area (Å²) < 4.78 is 8.36. The van der Waals surface area contributed by atoms with Crippen LogP contribution in [0.2, 0.25) is 0 Å². The summed E-state index contributed by atoms with van der Waals surface area (Å²) in [5, 5.41) is 0.945. The minimum absolute atomic E-state index is 0.438. The van der Waals surface area contributed by atoms with Gasteiger partial charge in [0.2, 0.25) is 0 Å². The summed E-state index contributed by atoms with van der Waals surface area (Å²) in [5.74, 6) is 2.17. The molecule has 0 radical (unpaired) electrons. The highest BCUT2D eigenvalue weighted by atomic mass is 16.5. The van der Waals surface area contributed by atoms with Crippen LogP contribution in [0.25, 0.3) is 22.2 Å². The van der Waals surface area contributed by atoms with E-state index in [1.807, 2.05) is 42.5 Å². The van der Waals surface area contributed by atoms with E-state index in [1.165, 1.54) is 51.9 Å². The number of fused-ring (bicyclic) bond motifs is 1. The van der Waals surface area contributed by atoms with Gasteiger partial charge in [0, 0.05) is 55.4 Å². The molecular formula is C30H34N6O. The van der Waals surface area contributed by atoms with Gasteiger partial charge in [-0.1, -0.05) is 30.3 Å². The molecule has 0 amide bonds. The average Bonchev–Trinajstić information content (AvgIpc) is 3.28. The predicted molar refractivity (Wildman–Crippen MR) is 147 cm³/mol. The molecule has 0 bridgehead atoms. The number of benzene rings is 2. The van der Waals surface area contributed by atoms with Gasteiger partial charge in [0.25, 0.3) is 0 Å². The van der Waals surface area contributed by atoms with Crippen LogP contribution in [0, 0.1) is 5.41 Å². The second-order valence-electron chi connectivity index (χ2n) is 11.4. The lowest BCUT2D eigenvalue weighted by molar-refractivity contribution is -0.126. The highest BCUT2D eigenvalue weighted by molar-refractivity contribution is 6.00. The molecule has 3 aliphatic rings. The lowest BCUT2D eigenvalue weighted by Crippen LogP contribution is -2.72. The zero-order chi connectivity index (χ0) is 25.0. The molecular weight excluding hydrogens is 460 g/mol. The number of nitrogens with two attached hydrogens (primary N) is 1. The van der Waals surface area contributed by atoms with E-state index < -0.39 is 0 Å². The molecule has 2 aromatic heterocycles. The molecule has 2 aliphatic heterocycles. The topological polar surface area (TPSA) is 72.4 Å². The molecule has 0 unspecified atom stereocenters. The number of likely N-dealkylation sites (tertiary alicyclic amines) is 2. The summed E-state index contributed by atoms with van der Waals surface area (Å²) in [6.45, 7) is 5.13. The molecule has 3 fully saturated rings. The number of rotatable bonds is 5. The maximum Gasteiger partial charge on any atom is 0.146 e. The van der Waals surface area contributed by atoms with Crippen molar-refractivity contribution in [3.8, 4) is 22.6 Å². The van der Waals surface area contributed by atoms with Crippen LogP contribution in [-0.2, 0) is 0 Å². The van der Waals surface area contributed by atoms with Crippen molar-refractivity contribution >= 4 is 16.9 Å². The van der Waals surface area contributed by atoms with Crippen molar-refractivity contribution in [2.24, 2.45) is 5.41 Å². The van der Waals surface area contributed by atoms with E-state index in [2.05, 4.69) is 44.7 Å². The second-order valence-corrected chi connectivity index (χ2v) is 11.4. The largest absolute Gasteiger partial charge is 0.457 e. The predicted octanol–water partition coefficient (Wildman–Crippen LogP) is 5.20. The summed E-state index contributed by atoms with van der Waals surface area (Å²) >= 11 is 0. The molecule has 190 valence electrons. The van der Waals surface area contributed by atoms with Crippen LogP contribution in [0.1, 0.15) is 31.7 Å². The minimum atomic E-state index is 0.438. The molecule has 4 heterocycles. The van der Waals surface area contributed by atoms with Crippen LogP contribution >= 0.6 is 0 Å². The Kier molecular flexibility index (Phi) is 5.44. The fraction of sp³-hybridized carbons (Fsp3) is 0.400. The van der Waals surface area contributed by atoms with Gasteiger partial charge in [0.1, 0.15) is 29.3 Å². The highest BCUT2D eigenvalue weighted by Crippen LogP contribution is 2.44. The molecule has 7 nitrogen and oxygen atoms in total. The van der Waals surface area contributed by atoms with Crippen molar-refractivity contribution < 1.29 is 4.74 Å². The van der Waals surface area contributed by atoms with Gasteiger partial charge in [0.15, 0.2) is 0 Å². The number of anilines is 1. The van der Waals surface area contributed by atoms with E-state index in [9.17, 15) is 0 Å². The highest BCUT2D eigenvalue weighted by Gasteiger charge is 2.52. The lowest BCUT2D eigenvalue weighted by Gasteiger charge is -2.62. The monoisotopic (exact) mass is 494 g/mol. The molecule has 4 aromatic rings. The van der Waals surface area contributed by atoms with E-state index in [4.69, 9.17) is 15.5 Å². The molecule has 37 heavy (non-hydrogen) atoms. The maximum absolute atomic E-state index is 6.41. The van der Waals surface area contributed by atoms with E-state index >= 15 is 0 Å². The summed E-state index contributed by atoms with van der Waals surface area (Å²) in [7, 11) is 2.23. The van der Waals surface area contributed by atoms with Crippen LogP contribution in [0.15, 0.2) is 67.1 Å². The Morgan fingerprint density at radius 1 is 0.838 bits per heavy atom. The first-order valence-corrected chi connectivity index (χ1v) is 13.4. The maximum atomic E-state index is 6.41. The van der Waals surface area contributed by atoms with Crippen molar-refractivity contribution in [1.29, 1.82) is 0 Å². The van der Waals surface area contributed by atoms with Gasteiger partial charge in [0.05, 0.1) is 5.39 Å². The van der Waals surface area contributed by atoms with Crippen LogP contribution in [0.4, 0.5) is 5.82 Å². The summed E-state index contributed by atoms with van der Waals surface area (Å²) in [6, 6.07) is 19.2. The summed E-state index contributed by atoms with van der Waals surface area (Å²) in [4.78, 5) is 14.2. The Labute approximate surface area is 217 Å². The number of ether oxygens (including phenoxy) is 1. The van der Waals surface area contributed by atoms with Gasteiger partial charge >= 0.3 is 0 Å². The van der Waals surface area contributed by atoms with E-state index in [-0.39, 0.29) is 0 Å². The van der Waals surface area contributed by atoms with E-state index in [0.29, 0.717) is 17.3 Å². The molecule has 7 rings (SSSR count). The summed E-state index contributed by atoms with van der Waals surface area (Å²) in [6.07, 6.45) is 8.68. The van der Waals surface area contributed by atoms with Gasteiger partial charge in [-0.2, -0.15) is 0 Å². The normalized spacial score (nSPS) is 23.6. The first-order chi connectivity index (χ1) is 18.1. The fourth-order valence-electron chi connectivity index (χ4n) is 7.01. The SMILES string of the molecule is CN1CC2(C1)CN(C1CCC(n3cc(-c4ccc(Oc5ccccc5)cc4)c4c(N)ncnc43)CC1)C2. The number of para-hydroxylation sites is 1. The zero-order valence-corrected chi connectivity index (χ0v) is 21.4. The van der Waals surface area contributed by atoms with Crippen molar-refractivity contribution in [1.82, 2.24) is 24.3 Å². The quantitative estimate of drug-likeness (QED) is 0.411. The molecule has 2 saturated heterocycles. The first-order valence-electron chi connectivity index (χ1n) is 13.4. The second kappa shape index (κ2) is 8.85. The van der Waals surface area contributed by atoms with Gasteiger partial charge < -0.3 is 19.9 Å². The Balaban J connectivity index is 1.10. The van der Waals surface area contributed by atoms with Gasteiger partial charge in [-0.25, -0.2) is 9.97 Å². The first kappa shape index (κ1) is 22.8. The fourth-order valence-corrected chi connectivity index (χ4v) is 7.01. The molecule has 2 aromatic carbocycles. The Morgan fingerprint density at radius 2 is 1.51 bits per heavy atom. The lowest BCUT2D eigenvalue weighted by atomic mass is 9.71. The van der Waals surface area contributed by atoms with Crippen molar-refractivity contribution in [2.45, 2.75) is 37.8 Å². The van der Waals surface area contributed by atoms with Gasteiger partial charge in [-0.15, -0.1) is 0 Å². The van der Waals surface area contributed by atoms with Crippen LogP contribution in [0.3, 0.4) is 0 Å². The average molecular weight is 495 g/mol. The number of hydrogen-bond donors (Lipinski definition) is 1. The molecule has 2 N–H and O–H groups in total. The van der Waals surface area contributed by atoms with Crippen LogP contribution < -0.4 is 10.5 Å².